The molecule has 0 unspecified atom stereocenters. The number of aromatic hydroxyl groups is 1. The fraction of sp³-hybridized carbons (Fsp3) is 0.250. The quantitative estimate of drug-likeness (QED) is 0.393. The highest BCUT2D eigenvalue weighted by Crippen LogP contribution is 2.30. The minimum absolute atomic E-state index is 0.0929. The number of carbonyl (C=O) groups is 1. The molecule has 0 bridgehead atoms. The number of hydrogen-bond acceptors (Lipinski definition) is 4. The molecule has 3 aromatic carbocycles. The Morgan fingerprint density at radius 1 is 0.970 bits per heavy atom. The number of phenolic OH excluding ortho intramolecular Hbond substituents is 1. The molecule has 0 saturated heterocycles. The number of anilines is 1. The zero-order chi connectivity index (χ0) is 22.6. The number of nitrogens with one attached hydrogen (secondary N) is 1. The largest absolute Gasteiger partial charge is 0.508 e. The maximum atomic E-state index is 12.9. The van der Waals surface area contributed by atoms with E-state index < -0.39 is 0 Å². The number of benzene rings is 3. The highest BCUT2D eigenvalue weighted by molar-refractivity contribution is 5.93. The van der Waals surface area contributed by atoms with Gasteiger partial charge in [-0.2, -0.15) is 0 Å². The Balaban J connectivity index is 1.37. The van der Waals surface area contributed by atoms with Crippen LogP contribution in [0.5, 0.6) is 5.75 Å². The second-order valence-corrected chi connectivity index (χ2v) is 8.86. The van der Waals surface area contributed by atoms with Crippen molar-refractivity contribution in [1.29, 1.82) is 0 Å². The van der Waals surface area contributed by atoms with Crippen molar-refractivity contribution in [2.45, 2.75) is 38.5 Å². The molecule has 1 saturated carbocycles. The fourth-order valence-corrected chi connectivity index (χ4v) is 4.64. The molecular weight excluding hydrogens is 410 g/mol. The van der Waals surface area contributed by atoms with Gasteiger partial charge >= 0.3 is 0 Å². The summed E-state index contributed by atoms with van der Waals surface area (Å²) in [5, 5.41) is 14.9. The van der Waals surface area contributed by atoms with Crippen molar-refractivity contribution >= 4 is 22.5 Å². The molecule has 0 spiro atoms. The van der Waals surface area contributed by atoms with E-state index in [0.29, 0.717) is 11.7 Å². The Morgan fingerprint density at radius 2 is 1.73 bits per heavy atom. The number of hydrogen-bond donors (Lipinski definition) is 2. The molecule has 166 valence electrons. The summed E-state index contributed by atoms with van der Waals surface area (Å²) in [6.07, 6.45) is 7.67. The first-order valence-corrected chi connectivity index (χ1v) is 11.6. The summed E-state index contributed by atoms with van der Waals surface area (Å²) < 4.78 is 0. The molecule has 5 nitrogen and oxygen atoms in total. The minimum atomic E-state index is -0.0929. The van der Waals surface area contributed by atoms with Crippen LogP contribution in [0, 0.1) is 5.92 Å². The van der Waals surface area contributed by atoms with Crippen LogP contribution in [0.3, 0.4) is 0 Å². The number of aromatic nitrogens is 2. The topological polar surface area (TPSA) is 75.1 Å². The van der Waals surface area contributed by atoms with Crippen LogP contribution in [-0.4, -0.2) is 21.0 Å². The summed E-state index contributed by atoms with van der Waals surface area (Å²) in [7, 11) is 0. The third-order valence-electron chi connectivity index (χ3n) is 6.40. The van der Waals surface area contributed by atoms with Gasteiger partial charge in [-0.15, -0.1) is 0 Å². The van der Waals surface area contributed by atoms with E-state index in [9.17, 15) is 9.90 Å². The maximum Gasteiger partial charge on any atom is 0.229 e. The van der Waals surface area contributed by atoms with E-state index in [0.717, 1.165) is 39.7 Å². The van der Waals surface area contributed by atoms with Gasteiger partial charge < -0.3 is 10.4 Å². The Kier molecular flexibility index (Phi) is 6.03. The van der Waals surface area contributed by atoms with Crippen LogP contribution >= 0.6 is 0 Å². The van der Waals surface area contributed by atoms with Crippen molar-refractivity contribution < 1.29 is 9.90 Å². The molecule has 4 aromatic rings. The Hall–Kier alpha value is -3.73. The summed E-state index contributed by atoms with van der Waals surface area (Å²) in [6, 6.07) is 21.2. The molecule has 2 N–H and O–H groups in total. The SMILES string of the molecule is O=C(Cc1ccc2ccccc2c1)Nc1ncc(-c2ccc(O)cc2)nc1CC1CCCC1. The van der Waals surface area contributed by atoms with Crippen LogP contribution in [0.2, 0.25) is 0 Å². The molecule has 1 heterocycles. The first kappa shape index (κ1) is 21.1. The molecule has 1 amide bonds. The van der Waals surface area contributed by atoms with Crippen LogP contribution in [-0.2, 0) is 17.6 Å². The van der Waals surface area contributed by atoms with Crippen molar-refractivity contribution in [3.63, 3.8) is 0 Å². The smallest absolute Gasteiger partial charge is 0.229 e. The van der Waals surface area contributed by atoms with Gasteiger partial charge in [0.25, 0.3) is 0 Å². The lowest BCUT2D eigenvalue weighted by atomic mass is 10.0. The molecular formula is C28H27N3O2. The monoisotopic (exact) mass is 437 g/mol. The summed E-state index contributed by atoms with van der Waals surface area (Å²) in [5.74, 6) is 1.25. The minimum Gasteiger partial charge on any atom is -0.508 e. The van der Waals surface area contributed by atoms with E-state index in [1.54, 1.807) is 18.3 Å². The number of amides is 1. The average Bonchev–Trinajstić information content (AvgIpc) is 3.34. The molecule has 0 aliphatic heterocycles. The van der Waals surface area contributed by atoms with Crippen LogP contribution < -0.4 is 5.32 Å². The molecule has 33 heavy (non-hydrogen) atoms. The van der Waals surface area contributed by atoms with Gasteiger partial charge in [-0.05, 0) is 52.9 Å². The molecule has 0 radical (unpaired) electrons. The van der Waals surface area contributed by atoms with Gasteiger partial charge in [0.15, 0.2) is 5.82 Å². The first-order valence-electron chi connectivity index (χ1n) is 11.6. The first-order chi connectivity index (χ1) is 16.1. The molecule has 0 atom stereocenters. The van der Waals surface area contributed by atoms with Crippen molar-refractivity contribution in [2.75, 3.05) is 5.32 Å². The number of rotatable bonds is 6. The zero-order valence-electron chi connectivity index (χ0n) is 18.5. The maximum absolute atomic E-state index is 12.9. The van der Waals surface area contributed by atoms with Gasteiger partial charge in [-0.3, -0.25) is 4.79 Å². The van der Waals surface area contributed by atoms with E-state index in [1.807, 2.05) is 30.3 Å². The fourth-order valence-electron chi connectivity index (χ4n) is 4.64. The summed E-state index contributed by atoms with van der Waals surface area (Å²) in [4.78, 5) is 22.4. The summed E-state index contributed by atoms with van der Waals surface area (Å²) >= 11 is 0. The van der Waals surface area contributed by atoms with Crippen molar-refractivity contribution in [2.24, 2.45) is 5.92 Å². The van der Waals surface area contributed by atoms with Crippen molar-refractivity contribution in [3.05, 3.63) is 84.2 Å². The molecule has 1 aromatic heterocycles. The van der Waals surface area contributed by atoms with Crippen molar-refractivity contribution in [3.8, 4) is 17.0 Å². The van der Waals surface area contributed by atoms with Gasteiger partial charge in [-0.25, -0.2) is 9.97 Å². The lowest BCUT2D eigenvalue weighted by molar-refractivity contribution is -0.115. The normalized spacial score (nSPS) is 13.9. The Bertz CT molecular complexity index is 1280. The average molecular weight is 438 g/mol. The number of carbonyl (C=O) groups excluding carboxylic acids is 1. The number of phenols is 1. The van der Waals surface area contributed by atoms with Gasteiger partial charge in [0.1, 0.15) is 5.75 Å². The standard InChI is InChI=1S/C28H27N3O2/c32-24-13-11-22(12-14-24)26-18-29-28(25(30-26)16-19-5-1-2-6-19)31-27(33)17-20-9-10-21-7-3-4-8-23(21)15-20/h3-4,7-15,18-19,32H,1-2,5-6,16-17H2,(H,29,31,33). The van der Waals surface area contributed by atoms with E-state index in [1.165, 1.54) is 25.7 Å². The summed E-state index contributed by atoms with van der Waals surface area (Å²) in [6.45, 7) is 0. The van der Waals surface area contributed by atoms with Gasteiger partial charge in [0.05, 0.1) is 24.0 Å². The van der Waals surface area contributed by atoms with E-state index >= 15 is 0 Å². The lowest BCUT2D eigenvalue weighted by Gasteiger charge is -2.14. The predicted molar refractivity (Wildman–Crippen MR) is 131 cm³/mol. The molecule has 5 rings (SSSR count). The number of nitrogens with zero attached hydrogens (tertiary/aromatic N) is 2. The molecule has 5 heteroatoms. The second kappa shape index (κ2) is 9.41. The second-order valence-electron chi connectivity index (χ2n) is 8.86. The third-order valence-corrected chi connectivity index (χ3v) is 6.40. The van der Waals surface area contributed by atoms with Crippen LogP contribution in [0.1, 0.15) is 36.9 Å². The van der Waals surface area contributed by atoms with Crippen LogP contribution in [0.4, 0.5) is 5.82 Å². The molecule has 1 aliphatic carbocycles. The summed E-state index contributed by atoms with van der Waals surface area (Å²) in [5.41, 5.74) is 3.44. The highest BCUT2D eigenvalue weighted by Gasteiger charge is 2.20. The van der Waals surface area contributed by atoms with E-state index in [4.69, 9.17) is 4.98 Å². The van der Waals surface area contributed by atoms with Crippen molar-refractivity contribution in [1.82, 2.24) is 9.97 Å². The molecule has 1 aliphatic rings. The van der Waals surface area contributed by atoms with E-state index in [2.05, 4.69) is 34.6 Å². The third kappa shape index (κ3) is 5.03. The van der Waals surface area contributed by atoms with Crippen LogP contribution in [0.25, 0.3) is 22.0 Å². The van der Waals surface area contributed by atoms with Gasteiger partial charge in [0.2, 0.25) is 5.91 Å². The number of fused-ring (bicyclic) bond motifs is 1. The van der Waals surface area contributed by atoms with E-state index in [-0.39, 0.29) is 18.1 Å². The van der Waals surface area contributed by atoms with Gasteiger partial charge in [0, 0.05) is 5.56 Å². The van der Waals surface area contributed by atoms with Gasteiger partial charge in [-0.1, -0.05) is 68.1 Å². The lowest BCUT2D eigenvalue weighted by Crippen LogP contribution is -2.18. The predicted octanol–water partition coefficient (Wildman–Crippen LogP) is 5.92. The highest BCUT2D eigenvalue weighted by atomic mass is 16.3. The zero-order valence-corrected chi connectivity index (χ0v) is 18.5. The van der Waals surface area contributed by atoms with Crippen LogP contribution in [0.15, 0.2) is 72.9 Å². The Labute approximate surface area is 193 Å². The molecule has 1 fully saturated rings. The Morgan fingerprint density at radius 3 is 2.52 bits per heavy atom.